The molecule has 9 atom stereocenters. The summed E-state index contributed by atoms with van der Waals surface area (Å²) in [6, 6.07) is 0. The van der Waals surface area contributed by atoms with Gasteiger partial charge in [0.25, 0.3) is 0 Å². The smallest absolute Gasteiger partial charge is 0.333 e. The first kappa shape index (κ1) is 27.7. The molecule has 0 aromatic carbocycles. The Labute approximate surface area is 218 Å². The Morgan fingerprint density at radius 1 is 1.24 bits per heavy atom. The number of aliphatic hydroxyl groups excluding tert-OH is 1. The first-order valence-electron chi connectivity index (χ1n) is 13.1. The summed E-state index contributed by atoms with van der Waals surface area (Å²) in [4.78, 5) is 38.6. The van der Waals surface area contributed by atoms with Crippen molar-refractivity contribution in [2.45, 2.75) is 84.7 Å². The number of hydrogen-bond donors (Lipinski definition) is 3. The lowest BCUT2D eigenvalue weighted by molar-refractivity contribution is -0.201. The van der Waals surface area contributed by atoms with Gasteiger partial charge in [-0.25, -0.2) is 4.79 Å². The van der Waals surface area contributed by atoms with E-state index in [4.69, 9.17) is 9.47 Å². The molecule has 2 saturated carbocycles. The van der Waals surface area contributed by atoms with E-state index in [9.17, 15) is 29.7 Å². The van der Waals surface area contributed by atoms with Gasteiger partial charge < -0.3 is 24.8 Å². The minimum atomic E-state index is -1.98. The summed E-state index contributed by atoms with van der Waals surface area (Å²) in [6.45, 7) is 13.7. The van der Waals surface area contributed by atoms with Gasteiger partial charge in [-0.15, -0.1) is 0 Å². The summed E-state index contributed by atoms with van der Waals surface area (Å²) < 4.78 is 11.9. The zero-order valence-electron chi connectivity index (χ0n) is 23.0. The highest BCUT2D eigenvalue weighted by Gasteiger charge is 2.86. The second-order valence-corrected chi connectivity index (χ2v) is 12.2. The van der Waals surface area contributed by atoms with Crippen LogP contribution in [0.2, 0.25) is 0 Å². The number of carbonyl (C=O) groups excluding carboxylic acids is 3. The first-order valence-corrected chi connectivity index (χ1v) is 13.1. The van der Waals surface area contributed by atoms with Crippen molar-refractivity contribution in [2.75, 3.05) is 6.61 Å². The second-order valence-electron chi connectivity index (χ2n) is 12.2. The largest absolute Gasteiger partial charge is 0.462 e. The lowest BCUT2D eigenvalue weighted by Gasteiger charge is -2.51. The van der Waals surface area contributed by atoms with Gasteiger partial charge >= 0.3 is 11.9 Å². The number of carbonyl (C=O) groups is 3. The van der Waals surface area contributed by atoms with Gasteiger partial charge in [0.15, 0.2) is 11.4 Å². The fourth-order valence-electron chi connectivity index (χ4n) is 7.42. The van der Waals surface area contributed by atoms with Gasteiger partial charge in [-0.2, -0.15) is 0 Å². The van der Waals surface area contributed by atoms with Gasteiger partial charge in [0.1, 0.15) is 12.2 Å². The van der Waals surface area contributed by atoms with Gasteiger partial charge in [-0.3, -0.25) is 9.59 Å². The predicted octanol–water partition coefficient (Wildman–Crippen LogP) is 2.65. The zero-order chi connectivity index (χ0) is 27.9. The van der Waals surface area contributed by atoms with Crippen LogP contribution in [-0.4, -0.2) is 62.6 Å². The summed E-state index contributed by atoms with van der Waals surface area (Å²) in [5.41, 5.74) is -4.54. The fourth-order valence-corrected chi connectivity index (χ4v) is 7.42. The van der Waals surface area contributed by atoms with E-state index < -0.39 is 75.6 Å². The lowest BCUT2D eigenvalue weighted by Crippen LogP contribution is -2.63. The monoisotopic (exact) mass is 516 g/mol. The minimum absolute atomic E-state index is 0.0788. The third kappa shape index (κ3) is 3.55. The molecule has 0 spiro atoms. The topological polar surface area (TPSA) is 130 Å². The SMILES string of the molecule is C/C=C(/C)C(=O)OC[C@]1(C)[C@H]2[C@@H]3[C@@H](O)C(C)=C[C@]4(O)C(=O)C(C)=C[C@H]4[C@@]3(O)[C@H](C)C[C@]21OC(=O)C(C)C. The molecular weight excluding hydrogens is 476 g/mol. The lowest BCUT2D eigenvalue weighted by atomic mass is 9.59. The second kappa shape index (κ2) is 8.61. The number of ether oxygens (including phenoxy) is 2. The maximum absolute atomic E-state index is 13.1. The summed E-state index contributed by atoms with van der Waals surface area (Å²) in [5.74, 6) is -4.87. The normalized spacial score (nSPS) is 44.7. The Bertz CT molecular complexity index is 1130. The molecule has 0 aromatic rings. The Hall–Kier alpha value is -2.29. The average Bonchev–Trinajstić information content (AvgIpc) is 3.26. The maximum atomic E-state index is 13.1. The van der Waals surface area contributed by atoms with Crippen molar-refractivity contribution in [3.8, 4) is 0 Å². The van der Waals surface area contributed by atoms with Gasteiger partial charge in [-0.1, -0.05) is 39.8 Å². The third-order valence-corrected chi connectivity index (χ3v) is 9.74. The highest BCUT2D eigenvalue weighted by Crippen LogP contribution is 2.77. The number of aliphatic hydroxyl groups is 3. The molecule has 0 aliphatic heterocycles. The summed E-state index contributed by atoms with van der Waals surface area (Å²) in [5, 5.41) is 35.7. The van der Waals surface area contributed by atoms with Crippen LogP contribution >= 0.6 is 0 Å². The fraction of sp³-hybridized carbons (Fsp3) is 0.690. The molecule has 8 nitrogen and oxygen atoms in total. The van der Waals surface area contributed by atoms with Gasteiger partial charge in [0.05, 0.1) is 17.6 Å². The van der Waals surface area contributed by atoms with E-state index in [2.05, 4.69) is 0 Å². The Morgan fingerprint density at radius 3 is 2.43 bits per heavy atom. The molecule has 4 aliphatic rings. The van der Waals surface area contributed by atoms with E-state index in [1.165, 1.54) is 6.08 Å². The van der Waals surface area contributed by atoms with Crippen LogP contribution in [0.3, 0.4) is 0 Å². The predicted molar refractivity (Wildman–Crippen MR) is 135 cm³/mol. The number of fused-ring (bicyclic) bond motifs is 5. The van der Waals surface area contributed by atoms with Crippen molar-refractivity contribution in [1.29, 1.82) is 0 Å². The molecule has 0 amide bonds. The van der Waals surface area contributed by atoms with Gasteiger partial charge in [0, 0.05) is 28.7 Å². The minimum Gasteiger partial charge on any atom is -0.462 e. The number of Topliss-reactive ketones (excluding diaryl/α,β-unsaturated/α-hetero) is 1. The number of hydrogen-bond acceptors (Lipinski definition) is 8. The molecule has 4 aliphatic carbocycles. The third-order valence-electron chi connectivity index (χ3n) is 9.74. The molecule has 204 valence electrons. The summed E-state index contributed by atoms with van der Waals surface area (Å²) in [6.07, 6.45) is 3.63. The van der Waals surface area contributed by atoms with Crippen molar-refractivity contribution in [3.05, 3.63) is 34.9 Å². The number of allylic oxidation sites excluding steroid dienone is 1. The van der Waals surface area contributed by atoms with E-state index in [1.54, 1.807) is 60.6 Å². The van der Waals surface area contributed by atoms with E-state index >= 15 is 0 Å². The van der Waals surface area contributed by atoms with Crippen LogP contribution in [0.25, 0.3) is 0 Å². The van der Waals surface area contributed by atoms with Crippen molar-refractivity contribution < 1.29 is 39.2 Å². The van der Waals surface area contributed by atoms with Crippen LogP contribution < -0.4 is 0 Å². The molecule has 4 rings (SSSR count). The Balaban J connectivity index is 1.85. The van der Waals surface area contributed by atoms with E-state index in [0.717, 1.165) is 0 Å². The van der Waals surface area contributed by atoms with Crippen LogP contribution in [0.5, 0.6) is 0 Å². The highest BCUT2D eigenvalue weighted by atomic mass is 16.6. The number of esters is 2. The molecule has 0 heterocycles. The molecule has 37 heavy (non-hydrogen) atoms. The van der Waals surface area contributed by atoms with Crippen molar-refractivity contribution in [1.82, 2.24) is 0 Å². The van der Waals surface area contributed by atoms with Crippen LogP contribution in [0.1, 0.15) is 61.8 Å². The molecule has 0 bridgehead atoms. The van der Waals surface area contributed by atoms with Crippen LogP contribution in [0, 0.1) is 35.0 Å². The zero-order valence-corrected chi connectivity index (χ0v) is 23.0. The maximum Gasteiger partial charge on any atom is 0.333 e. The first-order chi connectivity index (χ1) is 17.0. The van der Waals surface area contributed by atoms with Crippen molar-refractivity contribution >= 4 is 17.7 Å². The van der Waals surface area contributed by atoms with Crippen LogP contribution in [-0.2, 0) is 23.9 Å². The highest BCUT2D eigenvalue weighted by molar-refractivity contribution is 6.06. The van der Waals surface area contributed by atoms with Crippen LogP contribution in [0.15, 0.2) is 34.9 Å². The van der Waals surface area contributed by atoms with Crippen LogP contribution in [0.4, 0.5) is 0 Å². The number of ketones is 1. The summed E-state index contributed by atoms with van der Waals surface area (Å²) in [7, 11) is 0. The van der Waals surface area contributed by atoms with E-state index in [-0.39, 0.29) is 13.0 Å². The molecular formula is C29H40O8. The van der Waals surface area contributed by atoms with Crippen molar-refractivity contribution in [3.63, 3.8) is 0 Å². The molecule has 0 radical (unpaired) electrons. The van der Waals surface area contributed by atoms with Gasteiger partial charge in [-0.05, 0) is 57.3 Å². The Kier molecular flexibility index (Phi) is 6.46. The van der Waals surface area contributed by atoms with E-state index in [0.29, 0.717) is 16.7 Å². The Morgan fingerprint density at radius 2 is 1.86 bits per heavy atom. The number of rotatable bonds is 5. The molecule has 0 aromatic heterocycles. The quantitative estimate of drug-likeness (QED) is 0.289. The molecule has 8 heteroatoms. The van der Waals surface area contributed by atoms with Crippen molar-refractivity contribution in [2.24, 2.45) is 35.0 Å². The molecule has 0 saturated heterocycles. The molecule has 0 unspecified atom stereocenters. The summed E-state index contributed by atoms with van der Waals surface area (Å²) >= 11 is 0. The standard InChI is InChI=1S/C29H40O8/c1-9-15(4)25(33)36-13-26(8)22-20-21(30)17(6)11-27(34)19(10-16(5)23(27)31)29(20,35)18(7)12-28(22,26)37-24(32)14(2)3/h9-11,14,18-22,30,34-35H,12-13H2,1-8H3/b15-9-/t18-,19-,20+,21+,22-,26-,27-,28+,29+/m1/s1. The molecule has 3 N–H and O–H groups in total. The average molecular weight is 517 g/mol. The molecule has 2 fully saturated rings. The van der Waals surface area contributed by atoms with Gasteiger partial charge in [0.2, 0.25) is 0 Å². The van der Waals surface area contributed by atoms with E-state index in [1.807, 2.05) is 6.92 Å².